The van der Waals surface area contributed by atoms with Crippen molar-refractivity contribution in [3.63, 3.8) is 0 Å². The third-order valence-corrected chi connectivity index (χ3v) is 2.72. The molecule has 1 aromatic rings. The van der Waals surface area contributed by atoms with Crippen LogP contribution in [0.25, 0.3) is 0 Å². The van der Waals surface area contributed by atoms with Crippen molar-refractivity contribution in [2.45, 2.75) is 12.8 Å². The zero-order valence-corrected chi connectivity index (χ0v) is 8.66. The Bertz CT molecular complexity index is 356. The molecule has 2 heterocycles. The van der Waals surface area contributed by atoms with Crippen molar-refractivity contribution in [3.05, 3.63) is 28.7 Å². The van der Waals surface area contributed by atoms with Crippen LogP contribution in [0, 0.1) is 5.92 Å². The number of ether oxygens (including phenoxy) is 1. The first kappa shape index (κ1) is 10.2. The Morgan fingerprint density at radius 3 is 2.93 bits per heavy atom. The molecular formula is C11H16N2O2. The molecule has 4 nitrogen and oxygen atoms in total. The molecule has 1 fully saturated rings. The number of aromatic amines is 1. The number of nitrogens with one attached hydrogen (secondary N) is 2. The molecule has 0 unspecified atom stereocenters. The standard InChI is InChI=1S/C11H16N2O2/c14-10-3-6-13-7-11(10)15-8-9-1-4-12-5-2-9/h3,6-7,9,12H,1-2,4-5,8H2,(H,13,14). The van der Waals surface area contributed by atoms with Gasteiger partial charge >= 0.3 is 0 Å². The summed E-state index contributed by atoms with van der Waals surface area (Å²) < 4.78 is 5.50. The van der Waals surface area contributed by atoms with Crippen molar-refractivity contribution in [2.24, 2.45) is 5.92 Å². The molecule has 15 heavy (non-hydrogen) atoms. The molecule has 2 rings (SSSR count). The summed E-state index contributed by atoms with van der Waals surface area (Å²) in [7, 11) is 0. The zero-order valence-electron chi connectivity index (χ0n) is 8.66. The summed E-state index contributed by atoms with van der Waals surface area (Å²) in [6.07, 6.45) is 5.48. The minimum absolute atomic E-state index is 0.0531. The quantitative estimate of drug-likeness (QED) is 0.770. The largest absolute Gasteiger partial charge is 0.488 e. The Balaban J connectivity index is 1.87. The van der Waals surface area contributed by atoms with Crippen molar-refractivity contribution in [3.8, 4) is 5.75 Å². The summed E-state index contributed by atoms with van der Waals surface area (Å²) in [6, 6.07) is 1.48. The predicted octanol–water partition coefficient (Wildman–Crippen LogP) is 0.753. The van der Waals surface area contributed by atoms with E-state index in [1.54, 1.807) is 12.4 Å². The molecule has 0 bridgehead atoms. The van der Waals surface area contributed by atoms with E-state index in [4.69, 9.17) is 4.74 Å². The minimum Gasteiger partial charge on any atom is -0.488 e. The van der Waals surface area contributed by atoms with Gasteiger partial charge in [-0.3, -0.25) is 4.79 Å². The molecule has 1 aliphatic heterocycles. The molecule has 0 atom stereocenters. The minimum atomic E-state index is -0.0531. The lowest BCUT2D eigenvalue weighted by atomic mass is 9.99. The van der Waals surface area contributed by atoms with E-state index in [1.807, 2.05) is 0 Å². The van der Waals surface area contributed by atoms with Crippen LogP contribution in [0.15, 0.2) is 23.3 Å². The number of aromatic nitrogens is 1. The van der Waals surface area contributed by atoms with Gasteiger partial charge in [0.1, 0.15) is 0 Å². The van der Waals surface area contributed by atoms with Crippen LogP contribution >= 0.6 is 0 Å². The third kappa shape index (κ3) is 2.83. The summed E-state index contributed by atoms with van der Waals surface area (Å²) in [6.45, 7) is 2.76. The molecule has 0 radical (unpaired) electrons. The van der Waals surface area contributed by atoms with Crippen LogP contribution in [0.2, 0.25) is 0 Å². The molecule has 1 aromatic heterocycles. The van der Waals surface area contributed by atoms with Gasteiger partial charge in [0, 0.05) is 18.5 Å². The summed E-state index contributed by atoms with van der Waals surface area (Å²) in [4.78, 5) is 14.2. The van der Waals surface area contributed by atoms with Gasteiger partial charge in [-0.05, 0) is 31.8 Å². The predicted molar refractivity (Wildman–Crippen MR) is 58.2 cm³/mol. The smallest absolute Gasteiger partial charge is 0.223 e. The first-order valence-corrected chi connectivity index (χ1v) is 5.37. The van der Waals surface area contributed by atoms with Gasteiger partial charge in [-0.25, -0.2) is 0 Å². The fraction of sp³-hybridized carbons (Fsp3) is 0.545. The van der Waals surface area contributed by atoms with Crippen LogP contribution < -0.4 is 15.5 Å². The van der Waals surface area contributed by atoms with Gasteiger partial charge < -0.3 is 15.0 Å². The van der Waals surface area contributed by atoms with Crippen molar-refractivity contribution in [1.82, 2.24) is 10.3 Å². The Morgan fingerprint density at radius 2 is 2.20 bits per heavy atom. The molecule has 2 N–H and O–H groups in total. The van der Waals surface area contributed by atoms with Gasteiger partial charge in [0.25, 0.3) is 0 Å². The Hall–Kier alpha value is -1.29. The zero-order chi connectivity index (χ0) is 10.5. The van der Waals surface area contributed by atoms with Crippen molar-refractivity contribution >= 4 is 0 Å². The SMILES string of the molecule is O=c1cc[nH]cc1OCC1CCNCC1. The van der Waals surface area contributed by atoms with E-state index >= 15 is 0 Å². The van der Waals surface area contributed by atoms with Gasteiger partial charge in [0.2, 0.25) is 5.43 Å². The molecule has 0 aliphatic carbocycles. The highest BCUT2D eigenvalue weighted by molar-refractivity contribution is 5.15. The van der Waals surface area contributed by atoms with Gasteiger partial charge in [0.05, 0.1) is 6.61 Å². The van der Waals surface area contributed by atoms with Crippen LogP contribution in [0.4, 0.5) is 0 Å². The fourth-order valence-corrected chi connectivity index (χ4v) is 1.77. The second kappa shape index (κ2) is 4.98. The Kier molecular flexibility index (Phi) is 3.40. The summed E-state index contributed by atoms with van der Waals surface area (Å²) >= 11 is 0. The highest BCUT2D eigenvalue weighted by atomic mass is 16.5. The molecule has 4 heteroatoms. The van der Waals surface area contributed by atoms with Crippen LogP contribution in [0.3, 0.4) is 0 Å². The Labute approximate surface area is 88.7 Å². The molecule has 0 spiro atoms. The molecular weight excluding hydrogens is 192 g/mol. The third-order valence-electron chi connectivity index (χ3n) is 2.72. The monoisotopic (exact) mass is 208 g/mol. The summed E-state index contributed by atoms with van der Waals surface area (Å²) in [5.74, 6) is 1.00. The number of rotatable bonds is 3. The van der Waals surface area contributed by atoms with E-state index in [0.717, 1.165) is 25.9 Å². The molecule has 1 saturated heterocycles. The maximum atomic E-state index is 11.3. The van der Waals surface area contributed by atoms with E-state index < -0.39 is 0 Å². The van der Waals surface area contributed by atoms with Gasteiger partial charge in [-0.15, -0.1) is 0 Å². The van der Waals surface area contributed by atoms with E-state index in [0.29, 0.717) is 18.3 Å². The first-order valence-electron chi connectivity index (χ1n) is 5.37. The number of H-pyrrole nitrogens is 1. The second-order valence-corrected chi connectivity index (χ2v) is 3.88. The van der Waals surface area contributed by atoms with E-state index in [1.165, 1.54) is 6.07 Å². The molecule has 0 amide bonds. The molecule has 82 valence electrons. The molecule has 1 aliphatic rings. The summed E-state index contributed by atoms with van der Waals surface area (Å²) in [5.41, 5.74) is -0.0531. The van der Waals surface area contributed by atoms with Crippen LogP contribution in [-0.4, -0.2) is 24.7 Å². The maximum Gasteiger partial charge on any atom is 0.223 e. The summed E-state index contributed by atoms with van der Waals surface area (Å²) in [5, 5.41) is 3.30. The lowest BCUT2D eigenvalue weighted by molar-refractivity contribution is 0.213. The highest BCUT2D eigenvalue weighted by Crippen LogP contribution is 2.12. The van der Waals surface area contributed by atoms with Crippen LogP contribution in [0.1, 0.15) is 12.8 Å². The average molecular weight is 208 g/mol. The number of hydrogen-bond donors (Lipinski definition) is 2. The van der Waals surface area contributed by atoms with E-state index in [-0.39, 0.29) is 5.43 Å². The molecule has 0 aromatic carbocycles. The maximum absolute atomic E-state index is 11.3. The number of piperidine rings is 1. The van der Waals surface area contributed by atoms with Gasteiger partial charge in [0.15, 0.2) is 5.75 Å². The van der Waals surface area contributed by atoms with Crippen LogP contribution in [-0.2, 0) is 0 Å². The lowest BCUT2D eigenvalue weighted by Gasteiger charge is -2.22. The van der Waals surface area contributed by atoms with Crippen molar-refractivity contribution in [1.29, 1.82) is 0 Å². The van der Waals surface area contributed by atoms with Crippen molar-refractivity contribution in [2.75, 3.05) is 19.7 Å². The highest BCUT2D eigenvalue weighted by Gasteiger charge is 2.13. The van der Waals surface area contributed by atoms with E-state index in [2.05, 4.69) is 10.3 Å². The van der Waals surface area contributed by atoms with Crippen LogP contribution in [0.5, 0.6) is 5.75 Å². The Morgan fingerprint density at radius 1 is 1.40 bits per heavy atom. The van der Waals surface area contributed by atoms with Gasteiger partial charge in [-0.2, -0.15) is 0 Å². The van der Waals surface area contributed by atoms with Gasteiger partial charge in [-0.1, -0.05) is 0 Å². The lowest BCUT2D eigenvalue weighted by Crippen LogP contribution is -2.31. The van der Waals surface area contributed by atoms with E-state index in [9.17, 15) is 4.79 Å². The molecule has 0 saturated carbocycles. The first-order chi connectivity index (χ1) is 7.36. The normalized spacial score (nSPS) is 17.6. The second-order valence-electron chi connectivity index (χ2n) is 3.88. The average Bonchev–Trinajstić information content (AvgIpc) is 2.29. The number of pyridine rings is 1. The van der Waals surface area contributed by atoms with Crippen molar-refractivity contribution < 1.29 is 4.74 Å². The number of hydrogen-bond acceptors (Lipinski definition) is 3. The fourth-order valence-electron chi connectivity index (χ4n) is 1.77. The topological polar surface area (TPSA) is 54.1 Å².